The Morgan fingerprint density at radius 3 is 3.00 bits per heavy atom. The summed E-state index contributed by atoms with van der Waals surface area (Å²) in [6, 6.07) is 2.63. The summed E-state index contributed by atoms with van der Waals surface area (Å²) in [5, 5.41) is 3.05. The van der Waals surface area contributed by atoms with Gasteiger partial charge in [0.15, 0.2) is 0 Å². The van der Waals surface area contributed by atoms with Crippen LogP contribution in [0.2, 0.25) is 5.02 Å². The second kappa shape index (κ2) is 4.20. The first-order valence-electron chi connectivity index (χ1n) is 3.77. The number of hydrogen-bond donors (Lipinski definition) is 2. The number of halogens is 1. The van der Waals surface area contributed by atoms with Crippen LogP contribution in [-0.4, -0.2) is 16.9 Å². The van der Waals surface area contributed by atoms with E-state index >= 15 is 0 Å². The molecule has 0 fully saturated rings. The largest absolute Gasteiger partial charge is 0.320 e. The van der Waals surface area contributed by atoms with Crippen LogP contribution in [-0.2, 0) is 4.79 Å². The Hall–Kier alpha value is -1.13. The zero-order valence-corrected chi connectivity index (χ0v) is 7.88. The Kier molecular flexibility index (Phi) is 3.22. The van der Waals surface area contributed by atoms with Crippen LogP contribution in [0.1, 0.15) is 6.92 Å². The zero-order valence-electron chi connectivity index (χ0n) is 7.12. The summed E-state index contributed by atoms with van der Waals surface area (Å²) in [6.45, 7) is 1.60. The number of pyridine rings is 1. The summed E-state index contributed by atoms with van der Waals surface area (Å²) in [4.78, 5) is 15.0. The van der Waals surface area contributed by atoms with E-state index in [9.17, 15) is 4.79 Å². The number of amides is 1. The van der Waals surface area contributed by atoms with Crippen molar-refractivity contribution in [1.29, 1.82) is 0 Å². The summed E-state index contributed by atoms with van der Waals surface area (Å²) in [7, 11) is 0. The Morgan fingerprint density at radius 1 is 1.77 bits per heavy atom. The summed E-state index contributed by atoms with van der Waals surface area (Å²) < 4.78 is 0. The quantitative estimate of drug-likeness (QED) is 0.748. The van der Waals surface area contributed by atoms with Gasteiger partial charge in [-0.15, -0.1) is 0 Å². The van der Waals surface area contributed by atoms with E-state index in [2.05, 4.69) is 10.3 Å². The average Bonchev–Trinajstić information content (AvgIpc) is 2.04. The van der Waals surface area contributed by atoms with Gasteiger partial charge in [-0.05, 0) is 19.1 Å². The molecule has 13 heavy (non-hydrogen) atoms. The van der Waals surface area contributed by atoms with Crippen molar-refractivity contribution in [2.24, 2.45) is 5.73 Å². The van der Waals surface area contributed by atoms with Crippen molar-refractivity contribution in [2.45, 2.75) is 13.0 Å². The summed E-state index contributed by atoms with van der Waals surface area (Å²) >= 11 is 5.69. The molecular weight excluding hydrogens is 190 g/mol. The lowest BCUT2D eigenvalue weighted by atomic mass is 10.3. The fourth-order valence-corrected chi connectivity index (χ4v) is 0.873. The van der Waals surface area contributed by atoms with Gasteiger partial charge in [-0.3, -0.25) is 4.79 Å². The zero-order chi connectivity index (χ0) is 9.84. The SMILES string of the molecule is C[C@H](N)C(=O)Nc1cc(Cl)ccn1. The number of nitrogens with one attached hydrogen (secondary N) is 1. The Labute approximate surface area is 81.1 Å². The van der Waals surface area contributed by atoms with Crippen LogP contribution in [0.5, 0.6) is 0 Å². The molecule has 0 bridgehead atoms. The van der Waals surface area contributed by atoms with Crippen LogP contribution in [0.15, 0.2) is 18.3 Å². The molecule has 0 aliphatic carbocycles. The Bertz CT molecular complexity index is 314. The molecule has 5 heteroatoms. The first-order chi connectivity index (χ1) is 6.09. The highest BCUT2D eigenvalue weighted by Crippen LogP contribution is 2.11. The van der Waals surface area contributed by atoms with E-state index in [0.717, 1.165) is 0 Å². The minimum absolute atomic E-state index is 0.283. The van der Waals surface area contributed by atoms with Crippen molar-refractivity contribution in [3.63, 3.8) is 0 Å². The topological polar surface area (TPSA) is 68.0 Å². The number of carbonyl (C=O) groups excluding carboxylic acids is 1. The van der Waals surface area contributed by atoms with Crippen molar-refractivity contribution >= 4 is 23.3 Å². The van der Waals surface area contributed by atoms with E-state index < -0.39 is 6.04 Å². The molecule has 3 N–H and O–H groups in total. The molecule has 0 spiro atoms. The van der Waals surface area contributed by atoms with Crippen LogP contribution in [0, 0.1) is 0 Å². The first kappa shape index (κ1) is 9.95. The monoisotopic (exact) mass is 199 g/mol. The fourth-order valence-electron chi connectivity index (χ4n) is 0.713. The van der Waals surface area contributed by atoms with Crippen LogP contribution >= 0.6 is 11.6 Å². The molecule has 70 valence electrons. The van der Waals surface area contributed by atoms with Gasteiger partial charge in [0.1, 0.15) is 5.82 Å². The van der Waals surface area contributed by atoms with Gasteiger partial charge in [0.2, 0.25) is 5.91 Å². The number of nitrogens with two attached hydrogens (primary N) is 1. The van der Waals surface area contributed by atoms with Crippen molar-refractivity contribution in [2.75, 3.05) is 5.32 Å². The van der Waals surface area contributed by atoms with Gasteiger partial charge in [0.25, 0.3) is 0 Å². The molecule has 1 heterocycles. The molecule has 0 saturated carbocycles. The highest BCUT2D eigenvalue weighted by atomic mass is 35.5. The number of nitrogens with zero attached hydrogens (tertiary/aromatic N) is 1. The molecule has 0 unspecified atom stereocenters. The Balaban J connectivity index is 2.69. The lowest BCUT2D eigenvalue weighted by molar-refractivity contribution is -0.117. The standard InChI is InChI=1S/C8H10ClN3O/c1-5(10)8(13)12-7-4-6(9)2-3-11-7/h2-5H,10H2,1H3,(H,11,12,13)/t5-/m0/s1. The fraction of sp³-hybridized carbons (Fsp3) is 0.250. The average molecular weight is 200 g/mol. The van der Waals surface area contributed by atoms with Crippen molar-refractivity contribution in [3.8, 4) is 0 Å². The van der Waals surface area contributed by atoms with Crippen LogP contribution in [0.25, 0.3) is 0 Å². The van der Waals surface area contributed by atoms with E-state index in [0.29, 0.717) is 10.8 Å². The maximum Gasteiger partial charge on any atom is 0.242 e. The van der Waals surface area contributed by atoms with Gasteiger partial charge in [-0.1, -0.05) is 11.6 Å². The maximum absolute atomic E-state index is 11.1. The molecule has 1 aromatic heterocycles. The number of anilines is 1. The number of aromatic nitrogens is 1. The minimum atomic E-state index is -0.555. The lowest BCUT2D eigenvalue weighted by Gasteiger charge is -2.06. The van der Waals surface area contributed by atoms with Gasteiger partial charge >= 0.3 is 0 Å². The van der Waals surface area contributed by atoms with Crippen LogP contribution in [0.4, 0.5) is 5.82 Å². The minimum Gasteiger partial charge on any atom is -0.320 e. The predicted octanol–water partition coefficient (Wildman–Crippen LogP) is 1.02. The third kappa shape index (κ3) is 3.01. The second-order valence-electron chi connectivity index (χ2n) is 2.64. The van der Waals surface area contributed by atoms with Gasteiger partial charge in [0.05, 0.1) is 6.04 Å². The van der Waals surface area contributed by atoms with Gasteiger partial charge in [-0.25, -0.2) is 4.98 Å². The highest BCUT2D eigenvalue weighted by molar-refractivity contribution is 6.30. The highest BCUT2D eigenvalue weighted by Gasteiger charge is 2.07. The number of rotatable bonds is 2. The normalized spacial score (nSPS) is 12.2. The Morgan fingerprint density at radius 2 is 2.46 bits per heavy atom. The molecule has 0 saturated heterocycles. The molecular formula is C8H10ClN3O. The molecule has 1 aromatic rings. The molecule has 1 amide bonds. The molecule has 0 aliphatic heterocycles. The van der Waals surface area contributed by atoms with Crippen LogP contribution in [0.3, 0.4) is 0 Å². The predicted molar refractivity (Wildman–Crippen MR) is 51.5 cm³/mol. The van der Waals surface area contributed by atoms with Crippen molar-refractivity contribution < 1.29 is 4.79 Å². The van der Waals surface area contributed by atoms with Crippen molar-refractivity contribution in [1.82, 2.24) is 4.98 Å². The molecule has 0 aromatic carbocycles. The van der Waals surface area contributed by atoms with Gasteiger partial charge in [-0.2, -0.15) is 0 Å². The third-order valence-electron chi connectivity index (χ3n) is 1.39. The van der Waals surface area contributed by atoms with E-state index in [4.69, 9.17) is 17.3 Å². The number of carbonyl (C=O) groups is 1. The van der Waals surface area contributed by atoms with Gasteiger partial charge < -0.3 is 11.1 Å². The van der Waals surface area contributed by atoms with Crippen molar-refractivity contribution in [3.05, 3.63) is 23.4 Å². The lowest BCUT2D eigenvalue weighted by Crippen LogP contribution is -2.32. The van der Waals surface area contributed by atoms with E-state index in [-0.39, 0.29) is 5.91 Å². The molecule has 0 aliphatic rings. The second-order valence-corrected chi connectivity index (χ2v) is 3.07. The van der Waals surface area contributed by atoms with Crippen LogP contribution < -0.4 is 11.1 Å². The first-order valence-corrected chi connectivity index (χ1v) is 4.15. The summed E-state index contributed by atoms with van der Waals surface area (Å²) in [5.41, 5.74) is 5.35. The third-order valence-corrected chi connectivity index (χ3v) is 1.62. The van der Waals surface area contributed by atoms with E-state index in [1.807, 2.05) is 0 Å². The molecule has 0 radical (unpaired) electrons. The number of hydrogen-bond acceptors (Lipinski definition) is 3. The molecule has 1 atom stereocenters. The van der Waals surface area contributed by atoms with E-state index in [1.54, 1.807) is 19.1 Å². The maximum atomic E-state index is 11.1. The molecule has 4 nitrogen and oxygen atoms in total. The van der Waals surface area contributed by atoms with Gasteiger partial charge in [0, 0.05) is 11.2 Å². The van der Waals surface area contributed by atoms with E-state index in [1.165, 1.54) is 6.20 Å². The smallest absolute Gasteiger partial charge is 0.242 e. The summed E-state index contributed by atoms with van der Waals surface area (Å²) in [5.74, 6) is 0.129. The summed E-state index contributed by atoms with van der Waals surface area (Å²) in [6.07, 6.45) is 1.51. The molecule has 1 rings (SSSR count).